The summed E-state index contributed by atoms with van der Waals surface area (Å²) in [4.78, 5) is 4.49. The first-order valence-corrected chi connectivity index (χ1v) is 8.49. The van der Waals surface area contributed by atoms with Gasteiger partial charge in [-0.3, -0.25) is 0 Å². The second-order valence-electron chi connectivity index (χ2n) is 7.18. The van der Waals surface area contributed by atoms with E-state index in [4.69, 9.17) is 18.7 Å². The molecule has 0 bridgehead atoms. The van der Waals surface area contributed by atoms with Gasteiger partial charge in [0, 0.05) is 29.5 Å². The standard InChI is InChI=1S/C18H23N3O4/c1-18(2)14(11-7-8-24-15(11)18)19-17-20-16(21-25-17)10-5-6-12(22-3)13(9-10)23-4/h5-6,9,11,14-15H,7-8H2,1-4H3,(H,19,20,21)/t11-,14-,15-/m1/s1. The highest BCUT2D eigenvalue weighted by atomic mass is 16.5. The average molecular weight is 345 g/mol. The van der Waals surface area contributed by atoms with Gasteiger partial charge in [0.05, 0.1) is 20.3 Å². The molecule has 1 aromatic heterocycles. The van der Waals surface area contributed by atoms with Gasteiger partial charge in [0.15, 0.2) is 11.5 Å². The quantitative estimate of drug-likeness (QED) is 0.892. The van der Waals surface area contributed by atoms with Crippen LogP contribution in [-0.2, 0) is 4.74 Å². The van der Waals surface area contributed by atoms with Gasteiger partial charge in [-0.15, -0.1) is 0 Å². The first-order valence-electron chi connectivity index (χ1n) is 8.49. The summed E-state index contributed by atoms with van der Waals surface area (Å²) >= 11 is 0. The third-order valence-electron chi connectivity index (χ3n) is 5.45. The SMILES string of the molecule is COc1ccc(-c2noc(N[C@@H]3[C@H]4CCO[C@H]4C3(C)C)n2)cc1OC. The van der Waals surface area contributed by atoms with Crippen molar-refractivity contribution in [3.8, 4) is 22.9 Å². The minimum absolute atomic E-state index is 0.0547. The maximum atomic E-state index is 5.82. The molecule has 1 aliphatic carbocycles. The van der Waals surface area contributed by atoms with Crippen molar-refractivity contribution in [2.75, 3.05) is 26.1 Å². The number of hydrogen-bond donors (Lipinski definition) is 1. The molecule has 0 radical (unpaired) electrons. The van der Waals surface area contributed by atoms with E-state index in [-0.39, 0.29) is 11.5 Å². The van der Waals surface area contributed by atoms with Crippen LogP contribution in [0.3, 0.4) is 0 Å². The molecule has 2 aromatic rings. The lowest BCUT2D eigenvalue weighted by molar-refractivity contribution is -0.0929. The Kier molecular flexibility index (Phi) is 3.83. The molecule has 0 amide bonds. The van der Waals surface area contributed by atoms with Gasteiger partial charge in [0.25, 0.3) is 0 Å². The summed E-state index contributed by atoms with van der Waals surface area (Å²) in [5.41, 5.74) is 0.864. The van der Waals surface area contributed by atoms with Crippen LogP contribution in [0.1, 0.15) is 20.3 Å². The lowest BCUT2D eigenvalue weighted by Gasteiger charge is -2.54. The second-order valence-corrected chi connectivity index (χ2v) is 7.18. The summed E-state index contributed by atoms with van der Waals surface area (Å²) in [5.74, 6) is 2.31. The van der Waals surface area contributed by atoms with Crippen molar-refractivity contribution in [2.24, 2.45) is 11.3 Å². The molecule has 0 spiro atoms. The average Bonchev–Trinajstić information content (AvgIpc) is 3.27. The number of aromatic nitrogens is 2. The Bertz CT molecular complexity index is 773. The number of benzene rings is 1. The number of ether oxygens (including phenoxy) is 3. The highest BCUT2D eigenvalue weighted by Crippen LogP contribution is 2.53. The number of nitrogens with one attached hydrogen (secondary N) is 1. The van der Waals surface area contributed by atoms with E-state index in [0.717, 1.165) is 18.6 Å². The molecule has 1 saturated heterocycles. The number of rotatable bonds is 5. The second kappa shape index (κ2) is 5.91. The zero-order chi connectivity index (χ0) is 17.6. The largest absolute Gasteiger partial charge is 0.493 e. The number of anilines is 1. The minimum atomic E-state index is 0.0547. The number of methoxy groups -OCH3 is 2. The van der Waals surface area contributed by atoms with E-state index in [0.29, 0.717) is 35.4 Å². The van der Waals surface area contributed by atoms with Gasteiger partial charge in [-0.25, -0.2) is 0 Å². The molecule has 25 heavy (non-hydrogen) atoms. The molecule has 2 fully saturated rings. The Balaban J connectivity index is 1.53. The lowest BCUT2D eigenvalue weighted by Crippen LogP contribution is -2.63. The van der Waals surface area contributed by atoms with Gasteiger partial charge in [-0.05, 0) is 24.6 Å². The van der Waals surface area contributed by atoms with E-state index in [1.807, 2.05) is 18.2 Å². The maximum absolute atomic E-state index is 5.82. The monoisotopic (exact) mass is 345 g/mol. The van der Waals surface area contributed by atoms with Gasteiger partial charge in [-0.1, -0.05) is 19.0 Å². The summed E-state index contributed by atoms with van der Waals surface area (Å²) in [5, 5.41) is 7.49. The zero-order valence-corrected chi connectivity index (χ0v) is 14.9. The van der Waals surface area contributed by atoms with Gasteiger partial charge in [0.2, 0.25) is 5.82 Å². The highest BCUT2D eigenvalue weighted by molar-refractivity contribution is 5.61. The van der Waals surface area contributed by atoms with E-state index in [1.54, 1.807) is 14.2 Å². The van der Waals surface area contributed by atoms with Crippen molar-refractivity contribution in [3.63, 3.8) is 0 Å². The molecule has 1 aromatic carbocycles. The van der Waals surface area contributed by atoms with Crippen molar-refractivity contribution in [3.05, 3.63) is 18.2 Å². The fraction of sp³-hybridized carbons (Fsp3) is 0.556. The van der Waals surface area contributed by atoms with Gasteiger partial charge < -0.3 is 24.1 Å². The summed E-state index contributed by atoms with van der Waals surface area (Å²) in [6.07, 6.45) is 1.39. The first-order chi connectivity index (χ1) is 12.0. The minimum Gasteiger partial charge on any atom is -0.493 e. The van der Waals surface area contributed by atoms with Gasteiger partial charge in [-0.2, -0.15) is 4.98 Å². The lowest BCUT2D eigenvalue weighted by atomic mass is 9.57. The van der Waals surface area contributed by atoms with Crippen LogP contribution in [0.4, 0.5) is 6.01 Å². The summed E-state index contributed by atoms with van der Waals surface area (Å²) < 4.78 is 21.8. The molecule has 4 rings (SSSR count). The molecule has 134 valence electrons. The van der Waals surface area contributed by atoms with Crippen LogP contribution >= 0.6 is 0 Å². The van der Waals surface area contributed by atoms with Crippen LogP contribution in [0.2, 0.25) is 0 Å². The van der Waals surface area contributed by atoms with Crippen molar-refractivity contribution in [1.29, 1.82) is 0 Å². The summed E-state index contributed by atoms with van der Waals surface area (Å²) in [6.45, 7) is 5.25. The van der Waals surface area contributed by atoms with Crippen molar-refractivity contribution >= 4 is 6.01 Å². The molecular formula is C18H23N3O4. The molecule has 2 aliphatic rings. The first kappa shape index (κ1) is 16.2. The predicted octanol–water partition coefficient (Wildman–Crippen LogP) is 2.98. The van der Waals surface area contributed by atoms with Gasteiger partial charge >= 0.3 is 6.01 Å². The van der Waals surface area contributed by atoms with Crippen LogP contribution in [-0.4, -0.2) is 43.1 Å². The third-order valence-corrected chi connectivity index (χ3v) is 5.45. The maximum Gasteiger partial charge on any atom is 0.322 e. The smallest absolute Gasteiger partial charge is 0.322 e. The molecule has 7 nitrogen and oxygen atoms in total. The molecule has 3 atom stereocenters. The molecule has 0 unspecified atom stereocenters. The highest BCUT2D eigenvalue weighted by Gasteiger charge is 2.59. The van der Waals surface area contributed by atoms with E-state index in [9.17, 15) is 0 Å². The number of nitrogens with zero attached hydrogens (tertiary/aromatic N) is 2. The fourth-order valence-corrected chi connectivity index (χ4v) is 4.12. The van der Waals surface area contributed by atoms with Crippen LogP contribution in [0.5, 0.6) is 11.5 Å². The normalized spacial score (nSPS) is 26.6. The Hall–Kier alpha value is -2.28. The zero-order valence-electron chi connectivity index (χ0n) is 14.9. The molecule has 1 N–H and O–H groups in total. The van der Waals surface area contributed by atoms with Crippen molar-refractivity contribution in [2.45, 2.75) is 32.4 Å². The van der Waals surface area contributed by atoms with Crippen LogP contribution in [0.15, 0.2) is 22.7 Å². The number of hydrogen-bond acceptors (Lipinski definition) is 7. The molecule has 7 heteroatoms. The Morgan fingerprint density at radius 1 is 1.20 bits per heavy atom. The topological polar surface area (TPSA) is 78.6 Å². The van der Waals surface area contributed by atoms with E-state index in [2.05, 4.69) is 29.3 Å². The molecule has 1 aliphatic heterocycles. The Morgan fingerprint density at radius 2 is 2.00 bits per heavy atom. The predicted molar refractivity (Wildman–Crippen MR) is 91.9 cm³/mol. The van der Waals surface area contributed by atoms with Crippen molar-refractivity contribution in [1.82, 2.24) is 10.1 Å². The number of fused-ring (bicyclic) bond motifs is 1. The van der Waals surface area contributed by atoms with E-state index >= 15 is 0 Å². The van der Waals surface area contributed by atoms with Crippen molar-refractivity contribution < 1.29 is 18.7 Å². The molecule has 2 heterocycles. The Morgan fingerprint density at radius 3 is 2.76 bits per heavy atom. The van der Waals surface area contributed by atoms with Crippen LogP contribution < -0.4 is 14.8 Å². The Labute approximate surface area is 146 Å². The summed E-state index contributed by atoms with van der Waals surface area (Å²) in [6, 6.07) is 6.26. The van der Waals surface area contributed by atoms with Gasteiger partial charge in [0.1, 0.15) is 0 Å². The van der Waals surface area contributed by atoms with Crippen LogP contribution in [0, 0.1) is 11.3 Å². The molecule has 1 saturated carbocycles. The third kappa shape index (κ3) is 2.54. The molecular weight excluding hydrogens is 322 g/mol. The van der Waals surface area contributed by atoms with E-state index < -0.39 is 0 Å². The van der Waals surface area contributed by atoms with Crippen LogP contribution in [0.25, 0.3) is 11.4 Å². The summed E-state index contributed by atoms with van der Waals surface area (Å²) in [7, 11) is 3.21. The van der Waals surface area contributed by atoms with E-state index in [1.165, 1.54) is 0 Å². The fourth-order valence-electron chi connectivity index (χ4n) is 4.12.